The number of nitrogens with zero attached hydrogens (tertiary/aromatic N) is 4. The molecule has 1 aromatic heterocycles. The highest BCUT2D eigenvalue weighted by Gasteiger charge is 2.28. The summed E-state index contributed by atoms with van der Waals surface area (Å²) >= 11 is 1.71. The molecule has 0 amide bonds. The molecule has 2 aromatic carbocycles. The summed E-state index contributed by atoms with van der Waals surface area (Å²) in [6.07, 6.45) is 2.10. The van der Waals surface area contributed by atoms with Crippen LogP contribution in [0, 0.1) is 0 Å². The molecular formula is C21H26ClN5S. The Hall–Kier alpha value is -1.73. The Morgan fingerprint density at radius 1 is 0.964 bits per heavy atom. The monoisotopic (exact) mass is 415 g/mol. The van der Waals surface area contributed by atoms with Crippen molar-refractivity contribution in [3.8, 4) is 5.69 Å². The minimum Gasteiger partial charge on any atom is -0.369 e. The van der Waals surface area contributed by atoms with Gasteiger partial charge in [-0.05, 0) is 36.6 Å². The molecule has 2 saturated heterocycles. The van der Waals surface area contributed by atoms with E-state index in [2.05, 4.69) is 68.5 Å². The summed E-state index contributed by atoms with van der Waals surface area (Å²) in [7, 11) is 0. The Kier molecular flexibility index (Phi) is 5.83. The lowest BCUT2D eigenvalue weighted by Gasteiger charge is -2.43. The molecule has 2 fully saturated rings. The number of thioether (sulfide) groups is 1. The molecule has 148 valence electrons. The van der Waals surface area contributed by atoms with Crippen LogP contribution in [0.15, 0.2) is 53.6 Å². The van der Waals surface area contributed by atoms with Gasteiger partial charge in [0, 0.05) is 56.4 Å². The Labute approximate surface area is 176 Å². The van der Waals surface area contributed by atoms with Crippen LogP contribution in [0.1, 0.15) is 0 Å². The van der Waals surface area contributed by atoms with E-state index in [0.29, 0.717) is 0 Å². The lowest BCUT2D eigenvalue weighted by molar-refractivity contribution is 0.138. The molecule has 3 heterocycles. The molecule has 7 heteroatoms. The molecule has 5 rings (SSSR count). The zero-order chi connectivity index (χ0) is 18.2. The van der Waals surface area contributed by atoms with Gasteiger partial charge < -0.3 is 10.2 Å². The number of aromatic nitrogens is 2. The second-order valence-corrected chi connectivity index (χ2v) is 8.09. The fourth-order valence-corrected chi connectivity index (χ4v) is 4.62. The second kappa shape index (κ2) is 8.33. The van der Waals surface area contributed by atoms with Crippen molar-refractivity contribution < 1.29 is 0 Å². The van der Waals surface area contributed by atoms with E-state index in [9.17, 15) is 0 Å². The Morgan fingerprint density at radius 2 is 1.71 bits per heavy atom. The predicted molar refractivity (Wildman–Crippen MR) is 121 cm³/mol. The Balaban J connectivity index is 0.00000192. The van der Waals surface area contributed by atoms with Gasteiger partial charge in [0.15, 0.2) is 0 Å². The van der Waals surface area contributed by atoms with Crippen LogP contribution in [-0.4, -0.2) is 66.2 Å². The first-order valence-corrected chi connectivity index (χ1v) is 10.9. The molecule has 0 atom stereocenters. The maximum absolute atomic E-state index is 4.86. The first-order chi connectivity index (χ1) is 13.3. The Bertz CT molecular complexity index is 933. The molecule has 28 heavy (non-hydrogen) atoms. The highest BCUT2D eigenvalue weighted by atomic mass is 35.5. The average molecular weight is 416 g/mol. The third-order valence-electron chi connectivity index (χ3n) is 5.78. The van der Waals surface area contributed by atoms with Gasteiger partial charge in [-0.15, -0.1) is 24.2 Å². The number of benzene rings is 2. The van der Waals surface area contributed by atoms with Crippen LogP contribution in [0.25, 0.3) is 16.6 Å². The van der Waals surface area contributed by atoms with E-state index in [1.807, 2.05) is 6.07 Å². The molecule has 0 spiro atoms. The smallest absolute Gasteiger partial charge is 0.126 e. The van der Waals surface area contributed by atoms with Crippen molar-refractivity contribution in [2.24, 2.45) is 0 Å². The van der Waals surface area contributed by atoms with Gasteiger partial charge in [-0.3, -0.25) is 4.90 Å². The van der Waals surface area contributed by atoms with E-state index in [1.54, 1.807) is 11.8 Å². The summed E-state index contributed by atoms with van der Waals surface area (Å²) in [5.74, 6) is 0. The third kappa shape index (κ3) is 3.50. The van der Waals surface area contributed by atoms with Gasteiger partial charge in [-0.25, -0.2) is 4.68 Å². The number of fused-ring (bicyclic) bond motifs is 1. The van der Waals surface area contributed by atoms with Crippen molar-refractivity contribution in [2.45, 2.75) is 11.1 Å². The van der Waals surface area contributed by atoms with Crippen molar-refractivity contribution in [1.82, 2.24) is 20.0 Å². The lowest BCUT2D eigenvalue weighted by Crippen LogP contribution is -2.61. The van der Waals surface area contributed by atoms with Gasteiger partial charge in [-0.2, -0.15) is 5.10 Å². The van der Waals surface area contributed by atoms with Crippen LogP contribution in [0.3, 0.4) is 0 Å². The normalized spacial score (nSPS) is 18.1. The number of hydrogen-bond donors (Lipinski definition) is 1. The van der Waals surface area contributed by atoms with Crippen molar-refractivity contribution in [2.75, 3.05) is 50.4 Å². The maximum Gasteiger partial charge on any atom is 0.126 e. The summed E-state index contributed by atoms with van der Waals surface area (Å²) in [6, 6.07) is 18.0. The molecule has 0 saturated carbocycles. The first-order valence-electron chi connectivity index (χ1n) is 9.65. The number of halogens is 1. The van der Waals surface area contributed by atoms with Crippen LogP contribution in [-0.2, 0) is 0 Å². The number of hydrogen-bond acceptors (Lipinski definition) is 5. The van der Waals surface area contributed by atoms with Crippen LogP contribution in [0.4, 0.5) is 5.69 Å². The van der Waals surface area contributed by atoms with Crippen molar-refractivity contribution >= 4 is 40.8 Å². The molecule has 0 bridgehead atoms. The molecule has 0 unspecified atom stereocenters. The summed E-state index contributed by atoms with van der Waals surface area (Å²) in [5, 5.41) is 10.6. The van der Waals surface area contributed by atoms with Gasteiger partial charge >= 0.3 is 0 Å². The van der Waals surface area contributed by atoms with Crippen LogP contribution < -0.4 is 10.2 Å². The van der Waals surface area contributed by atoms with Gasteiger partial charge in [0.05, 0.1) is 11.2 Å². The molecule has 0 radical (unpaired) electrons. The largest absolute Gasteiger partial charge is 0.369 e. The second-order valence-electron chi connectivity index (χ2n) is 7.29. The molecule has 0 aliphatic carbocycles. The Morgan fingerprint density at radius 3 is 2.36 bits per heavy atom. The number of anilines is 1. The van der Waals surface area contributed by atoms with Gasteiger partial charge in [0.1, 0.15) is 5.03 Å². The summed E-state index contributed by atoms with van der Waals surface area (Å²) in [6.45, 7) is 6.80. The summed E-state index contributed by atoms with van der Waals surface area (Å²) in [5.41, 5.74) is 3.61. The molecule has 5 nitrogen and oxygen atoms in total. The minimum absolute atomic E-state index is 0. The van der Waals surface area contributed by atoms with Gasteiger partial charge in [0.2, 0.25) is 0 Å². The maximum atomic E-state index is 4.86. The van der Waals surface area contributed by atoms with E-state index < -0.39 is 0 Å². The zero-order valence-electron chi connectivity index (χ0n) is 16.0. The number of piperazine rings is 1. The molecule has 3 aromatic rings. The summed E-state index contributed by atoms with van der Waals surface area (Å²) < 4.78 is 2.08. The van der Waals surface area contributed by atoms with Gasteiger partial charge in [-0.1, -0.05) is 18.2 Å². The van der Waals surface area contributed by atoms with Crippen molar-refractivity contribution in [1.29, 1.82) is 0 Å². The number of nitrogens with one attached hydrogen (secondary N) is 1. The first kappa shape index (κ1) is 19.6. The quantitative estimate of drug-likeness (QED) is 0.662. The highest BCUT2D eigenvalue weighted by molar-refractivity contribution is 7.98. The minimum atomic E-state index is 0. The summed E-state index contributed by atoms with van der Waals surface area (Å²) in [4.78, 5) is 5.15. The topological polar surface area (TPSA) is 36.3 Å². The van der Waals surface area contributed by atoms with Crippen LogP contribution in [0.2, 0.25) is 0 Å². The number of rotatable bonds is 4. The van der Waals surface area contributed by atoms with E-state index in [0.717, 1.165) is 56.0 Å². The van der Waals surface area contributed by atoms with Crippen LogP contribution >= 0.6 is 24.2 Å². The van der Waals surface area contributed by atoms with Crippen LogP contribution in [0.5, 0.6) is 0 Å². The van der Waals surface area contributed by atoms with Crippen molar-refractivity contribution in [3.63, 3.8) is 0 Å². The van der Waals surface area contributed by atoms with Gasteiger partial charge in [0.25, 0.3) is 0 Å². The zero-order valence-corrected chi connectivity index (χ0v) is 17.7. The molecule has 2 aliphatic rings. The fraction of sp³-hybridized carbons (Fsp3) is 0.381. The van der Waals surface area contributed by atoms with E-state index in [1.165, 1.54) is 16.6 Å². The standard InChI is InChI=1S/C21H25N5S.ClH/c1-27-21-19-8-7-17(24-9-11-25(12-10-24)18-14-22-15-18)13-20(19)26(23-21)16-5-3-2-4-6-16;/h2-8,13,18,22H,9-12,14-15H2,1H3;1H. The fourth-order valence-electron chi connectivity index (χ4n) is 4.07. The number of para-hydroxylation sites is 1. The third-order valence-corrected chi connectivity index (χ3v) is 6.47. The average Bonchev–Trinajstić information content (AvgIpc) is 3.06. The highest BCUT2D eigenvalue weighted by Crippen LogP contribution is 2.31. The van der Waals surface area contributed by atoms with E-state index >= 15 is 0 Å². The van der Waals surface area contributed by atoms with E-state index in [-0.39, 0.29) is 12.4 Å². The molecule has 2 aliphatic heterocycles. The molecular weight excluding hydrogens is 390 g/mol. The lowest BCUT2D eigenvalue weighted by atomic mass is 10.1. The van der Waals surface area contributed by atoms with Crippen molar-refractivity contribution in [3.05, 3.63) is 48.5 Å². The van der Waals surface area contributed by atoms with E-state index in [4.69, 9.17) is 5.10 Å². The predicted octanol–water partition coefficient (Wildman–Crippen LogP) is 3.26. The molecule has 1 N–H and O–H groups in total. The SMILES string of the molecule is CSc1nn(-c2ccccc2)c2cc(N3CCN(C4CNC4)CC3)ccc12.Cl.